The van der Waals surface area contributed by atoms with Crippen LogP contribution in [-0.4, -0.2) is 47.6 Å². The number of rotatable bonds is 5. The molecule has 1 saturated heterocycles. The van der Waals surface area contributed by atoms with Crippen molar-refractivity contribution in [1.82, 2.24) is 18.4 Å². The van der Waals surface area contributed by atoms with Crippen LogP contribution < -0.4 is 4.72 Å². The van der Waals surface area contributed by atoms with Crippen LogP contribution in [0.3, 0.4) is 0 Å². The second-order valence-electron chi connectivity index (χ2n) is 7.84. The quantitative estimate of drug-likeness (QED) is 0.800. The number of piperidine rings is 1. The monoisotopic (exact) mass is 422 g/mol. The number of benzene rings is 1. The summed E-state index contributed by atoms with van der Waals surface area (Å²) in [5.41, 5.74) is 1.03. The average Bonchev–Trinajstić information content (AvgIpc) is 3.21. The number of nitrogens with zero attached hydrogens (tertiary/aromatic N) is 3. The van der Waals surface area contributed by atoms with Gasteiger partial charge in [0, 0.05) is 25.6 Å². The number of carbonyl (C=O) groups is 1. The Morgan fingerprint density at radius 3 is 2.61 bits per heavy atom. The van der Waals surface area contributed by atoms with E-state index in [9.17, 15) is 13.2 Å². The molecule has 7 nitrogen and oxygen atoms in total. The molecule has 152 valence electrons. The fourth-order valence-corrected chi connectivity index (χ4v) is 6.17. The lowest BCUT2D eigenvalue weighted by atomic mass is 9.81. The van der Waals surface area contributed by atoms with E-state index < -0.39 is 10.0 Å². The van der Waals surface area contributed by atoms with Crippen molar-refractivity contribution in [3.8, 4) is 0 Å². The molecule has 1 aliphatic heterocycles. The molecule has 0 bridgehead atoms. The molecule has 0 atom stereocenters. The molecule has 2 aliphatic rings. The maximum atomic E-state index is 12.7. The van der Waals surface area contributed by atoms with Crippen molar-refractivity contribution >= 4 is 38.7 Å². The minimum Gasteiger partial charge on any atom is -0.342 e. The van der Waals surface area contributed by atoms with Gasteiger partial charge >= 0.3 is 0 Å². The van der Waals surface area contributed by atoms with E-state index in [0.29, 0.717) is 23.5 Å². The number of fused-ring (bicyclic) bond motifs is 1. The Labute approximate surface area is 169 Å². The Morgan fingerprint density at radius 2 is 1.86 bits per heavy atom. The first-order valence-corrected chi connectivity index (χ1v) is 12.3. The molecule has 1 N–H and O–H groups in total. The second-order valence-corrected chi connectivity index (χ2v) is 10.1. The molecule has 1 saturated carbocycles. The molecule has 4 rings (SSSR count). The van der Waals surface area contributed by atoms with Crippen molar-refractivity contribution in [3.05, 3.63) is 18.2 Å². The van der Waals surface area contributed by atoms with Crippen LogP contribution in [0.25, 0.3) is 11.0 Å². The number of hydrogen-bond acceptors (Lipinski definition) is 6. The van der Waals surface area contributed by atoms with Crippen molar-refractivity contribution in [2.24, 2.45) is 11.8 Å². The number of aromatic nitrogens is 2. The van der Waals surface area contributed by atoms with Crippen LogP contribution in [0.4, 0.5) is 0 Å². The van der Waals surface area contributed by atoms with E-state index >= 15 is 0 Å². The van der Waals surface area contributed by atoms with E-state index in [1.165, 1.54) is 6.42 Å². The Morgan fingerprint density at radius 1 is 1.11 bits per heavy atom. The van der Waals surface area contributed by atoms with Gasteiger partial charge in [-0.1, -0.05) is 6.07 Å². The Bertz CT molecular complexity index is 930. The van der Waals surface area contributed by atoms with E-state index in [2.05, 4.69) is 13.5 Å². The van der Waals surface area contributed by atoms with Gasteiger partial charge in [-0.15, -0.1) is 0 Å². The van der Waals surface area contributed by atoms with Gasteiger partial charge in [-0.3, -0.25) is 4.79 Å². The fourth-order valence-electron chi connectivity index (χ4n) is 4.29. The number of carbonyl (C=O) groups excluding carboxylic acids is 1. The second kappa shape index (κ2) is 8.42. The SMILES string of the molecule is O=C(C1CCC(CNS(=O)(=O)c2cccc3nsnc23)CC1)N1CCCCC1. The van der Waals surface area contributed by atoms with E-state index in [1.807, 2.05) is 4.90 Å². The first-order valence-electron chi connectivity index (χ1n) is 10.0. The van der Waals surface area contributed by atoms with Crippen LogP contribution in [0.5, 0.6) is 0 Å². The van der Waals surface area contributed by atoms with Gasteiger partial charge in [0.25, 0.3) is 0 Å². The molecule has 1 amide bonds. The van der Waals surface area contributed by atoms with Crippen LogP contribution in [-0.2, 0) is 14.8 Å². The normalized spacial score (nSPS) is 23.8. The standard InChI is InChI=1S/C19H26N4O3S2/c24-19(23-11-2-1-3-12-23)15-9-7-14(8-10-15)13-20-28(25,26)17-6-4-5-16-18(17)22-27-21-16/h4-6,14-15,20H,1-3,7-13H2. The van der Waals surface area contributed by atoms with Crippen LogP contribution in [0.2, 0.25) is 0 Å². The minimum atomic E-state index is -3.62. The van der Waals surface area contributed by atoms with Crippen LogP contribution in [0, 0.1) is 11.8 Å². The molecule has 0 spiro atoms. The minimum absolute atomic E-state index is 0.112. The summed E-state index contributed by atoms with van der Waals surface area (Å²) in [6, 6.07) is 5.02. The number of nitrogens with one attached hydrogen (secondary N) is 1. The number of hydrogen-bond donors (Lipinski definition) is 1. The van der Waals surface area contributed by atoms with Crippen molar-refractivity contribution in [1.29, 1.82) is 0 Å². The van der Waals surface area contributed by atoms with Gasteiger partial charge in [0.15, 0.2) is 0 Å². The third kappa shape index (κ3) is 4.21. The lowest BCUT2D eigenvalue weighted by Crippen LogP contribution is -2.41. The maximum Gasteiger partial charge on any atom is 0.242 e. The molecule has 1 aliphatic carbocycles. The zero-order valence-electron chi connectivity index (χ0n) is 15.8. The molecule has 0 unspecified atom stereocenters. The summed E-state index contributed by atoms with van der Waals surface area (Å²) in [6.45, 7) is 2.20. The van der Waals surface area contributed by atoms with Gasteiger partial charge in [0.1, 0.15) is 15.9 Å². The summed E-state index contributed by atoms with van der Waals surface area (Å²) in [4.78, 5) is 14.9. The topological polar surface area (TPSA) is 92.3 Å². The van der Waals surface area contributed by atoms with Crippen molar-refractivity contribution in [2.45, 2.75) is 49.8 Å². The van der Waals surface area contributed by atoms with E-state index in [4.69, 9.17) is 0 Å². The third-order valence-corrected chi connectivity index (χ3v) is 7.96. The van der Waals surface area contributed by atoms with Gasteiger partial charge in [-0.05, 0) is 63.0 Å². The average molecular weight is 423 g/mol. The number of sulfonamides is 1. The highest BCUT2D eigenvalue weighted by atomic mass is 32.2. The van der Waals surface area contributed by atoms with Gasteiger partial charge in [0.05, 0.1) is 11.7 Å². The highest BCUT2D eigenvalue weighted by Crippen LogP contribution is 2.31. The lowest BCUT2D eigenvalue weighted by Gasteiger charge is -2.34. The molecule has 1 aromatic carbocycles. The van der Waals surface area contributed by atoms with Crippen LogP contribution in [0.1, 0.15) is 44.9 Å². The van der Waals surface area contributed by atoms with Gasteiger partial charge < -0.3 is 4.90 Å². The summed E-state index contributed by atoms with van der Waals surface area (Å²) in [5.74, 6) is 0.690. The van der Waals surface area contributed by atoms with Crippen molar-refractivity contribution in [2.75, 3.05) is 19.6 Å². The van der Waals surface area contributed by atoms with Crippen molar-refractivity contribution < 1.29 is 13.2 Å². The van der Waals surface area contributed by atoms with Crippen LogP contribution in [0.15, 0.2) is 23.1 Å². The van der Waals surface area contributed by atoms with Gasteiger partial charge in [0.2, 0.25) is 15.9 Å². The molecule has 1 aromatic heterocycles. The molecule has 2 heterocycles. The third-order valence-electron chi connectivity index (χ3n) is 5.96. The highest BCUT2D eigenvalue weighted by molar-refractivity contribution is 7.89. The summed E-state index contributed by atoms with van der Waals surface area (Å²) in [6.07, 6.45) is 6.93. The molecule has 0 radical (unpaired) electrons. The van der Waals surface area contributed by atoms with E-state index in [-0.39, 0.29) is 16.7 Å². The molecule has 2 fully saturated rings. The summed E-state index contributed by atoms with van der Waals surface area (Å²) < 4.78 is 36.4. The molecular formula is C19H26N4O3S2. The van der Waals surface area contributed by atoms with Gasteiger partial charge in [-0.2, -0.15) is 8.75 Å². The smallest absolute Gasteiger partial charge is 0.242 e. The zero-order chi connectivity index (χ0) is 19.6. The molecular weight excluding hydrogens is 396 g/mol. The van der Waals surface area contributed by atoms with Gasteiger partial charge in [-0.25, -0.2) is 13.1 Å². The van der Waals surface area contributed by atoms with Crippen molar-refractivity contribution in [3.63, 3.8) is 0 Å². The predicted octanol–water partition coefficient (Wildman–Crippen LogP) is 2.79. The maximum absolute atomic E-state index is 12.7. The zero-order valence-corrected chi connectivity index (χ0v) is 17.5. The first kappa shape index (κ1) is 19.7. The Balaban J connectivity index is 1.31. The summed E-state index contributed by atoms with van der Waals surface area (Å²) in [5, 5.41) is 0. The molecule has 9 heteroatoms. The van der Waals surface area contributed by atoms with E-state index in [1.54, 1.807) is 18.2 Å². The lowest BCUT2D eigenvalue weighted by molar-refractivity contribution is -0.137. The molecule has 28 heavy (non-hydrogen) atoms. The number of amides is 1. The molecule has 2 aromatic rings. The highest BCUT2D eigenvalue weighted by Gasteiger charge is 2.30. The first-order chi connectivity index (χ1) is 13.5. The Hall–Kier alpha value is -1.58. The number of likely N-dealkylation sites (tertiary alicyclic amines) is 1. The predicted molar refractivity (Wildman–Crippen MR) is 108 cm³/mol. The van der Waals surface area contributed by atoms with E-state index in [0.717, 1.165) is 63.3 Å². The summed E-state index contributed by atoms with van der Waals surface area (Å²) in [7, 11) is -3.62. The summed E-state index contributed by atoms with van der Waals surface area (Å²) >= 11 is 1.02. The Kier molecular flexibility index (Phi) is 5.93. The fraction of sp³-hybridized carbons (Fsp3) is 0.632. The largest absolute Gasteiger partial charge is 0.342 e. The van der Waals surface area contributed by atoms with Crippen LogP contribution >= 0.6 is 11.7 Å².